The molecule has 0 unspecified atom stereocenters. The molecule has 2 aromatic rings. The van der Waals surface area contributed by atoms with E-state index in [9.17, 15) is 5.11 Å². The fourth-order valence-corrected chi connectivity index (χ4v) is 2.71. The number of phenols is 1. The summed E-state index contributed by atoms with van der Waals surface area (Å²) in [5.41, 5.74) is 1.89. The SMILES string of the molecule is OCc1ccc(-c2c(Cl)c(Cl)c(O)c(Cl)c2Cl)cc1. The zero-order valence-corrected chi connectivity index (χ0v) is 12.4. The van der Waals surface area contributed by atoms with Crippen LogP contribution in [0.5, 0.6) is 5.75 Å². The standard InChI is InChI=1S/C13H8Cl4O2/c14-9-8(7-3-1-6(5-18)2-4-7)10(15)12(17)13(19)11(9)16/h1-4,18-19H,5H2. The van der Waals surface area contributed by atoms with Crippen molar-refractivity contribution in [2.45, 2.75) is 6.61 Å². The van der Waals surface area contributed by atoms with Crippen molar-refractivity contribution in [2.75, 3.05) is 0 Å². The van der Waals surface area contributed by atoms with Crippen LogP contribution >= 0.6 is 46.4 Å². The van der Waals surface area contributed by atoms with Crippen LogP contribution in [-0.2, 0) is 6.61 Å². The summed E-state index contributed by atoms with van der Waals surface area (Å²) in [5, 5.41) is 18.8. The maximum absolute atomic E-state index is 9.66. The van der Waals surface area contributed by atoms with E-state index in [0.717, 1.165) is 5.56 Å². The molecule has 2 nitrogen and oxygen atoms in total. The van der Waals surface area contributed by atoms with Gasteiger partial charge in [0.25, 0.3) is 0 Å². The van der Waals surface area contributed by atoms with Gasteiger partial charge in [-0.2, -0.15) is 0 Å². The van der Waals surface area contributed by atoms with Gasteiger partial charge in [0.05, 0.1) is 16.7 Å². The van der Waals surface area contributed by atoms with E-state index in [1.165, 1.54) is 0 Å². The van der Waals surface area contributed by atoms with Gasteiger partial charge in [0.1, 0.15) is 10.0 Å². The minimum Gasteiger partial charge on any atom is -0.505 e. The summed E-state index contributed by atoms with van der Waals surface area (Å²) in [5.74, 6) is -0.339. The van der Waals surface area contributed by atoms with Gasteiger partial charge < -0.3 is 10.2 Å². The Labute approximate surface area is 130 Å². The third-order valence-corrected chi connectivity index (χ3v) is 4.35. The molecule has 0 atom stereocenters. The van der Waals surface area contributed by atoms with Crippen LogP contribution in [0.1, 0.15) is 5.56 Å². The highest BCUT2D eigenvalue weighted by Gasteiger charge is 2.20. The van der Waals surface area contributed by atoms with Crippen molar-refractivity contribution in [3.63, 3.8) is 0 Å². The smallest absolute Gasteiger partial charge is 0.155 e. The van der Waals surface area contributed by atoms with E-state index in [1.807, 2.05) is 0 Å². The highest BCUT2D eigenvalue weighted by atomic mass is 35.5. The van der Waals surface area contributed by atoms with E-state index >= 15 is 0 Å². The second-order valence-electron chi connectivity index (χ2n) is 3.83. The van der Waals surface area contributed by atoms with Crippen LogP contribution < -0.4 is 0 Å². The van der Waals surface area contributed by atoms with E-state index in [-0.39, 0.29) is 32.4 Å². The molecule has 0 aliphatic rings. The predicted octanol–water partition coefficient (Wildman–Crippen LogP) is 5.17. The fourth-order valence-electron chi connectivity index (χ4n) is 1.65. The third kappa shape index (κ3) is 2.64. The molecule has 0 spiro atoms. The van der Waals surface area contributed by atoms with Crippen LogP contribution in [0, 0.1) is 0 Å². The molecule has 6 heteroatoms. The minimum absolute atomic E-state index is 0.0442. The summed E-state index contributed by atoms with van der Waals surface area (Å²) in [6.45, 7) is -0.0567. The van der Waals surface area contributed by atoms with Gasteiger partial charge >= 0.3 is 0 Å². The second-order valence-corrected chi connectivity index (χ2v) is 5.35. The first-order valence-electron chi connectivity index (χ1n) is 5.22. The van der Waals surface area contributed by atoms with Crippen molar-refractivity contribution < 1.29 is 10.2 Å². The molecule has 0 radical (unpaired) electrons. The van der Waals surface area contributed by atoms with E-state index < -0.39 is 0 Å². The largest absolute Gasteiger partial charge is 0.505 e. The summed E-state index contributed by atoms with van der Waals surface area (Å²) in [4.78, 5) is 0. The molecule has 0 aromatic heterocycles. The molecule has 2 rings (SSSR count). The number of benzene rings is 2. The molecule has 100 valence electrons. The van der Waals surface area contributed by atoms with Crippen LogP contribution in [0.25, 0.3) is 11.1 Å². The Kier molecular flexibility index (Phi) is 4.49. The topological polar surface area (TPSA) is 40.5 Å². The molecule has 0 aliphatic carbocycles. The summed E-state index contributed by atoms with van der Waals surface area (Å²) in [6, 6.07) is 6.94. The average Bonchev–Trinajstić information content (AvgIpc) is 2.44. The molecular formula is C13H8Cl4O2. The van der Waals surface area contributed by atoms with Crippen LogP contribution in [0.2, 0.25) is 20.1 Å². The van der Waals surface area contributed by atoms with Gasteiger partial charge in [-0.15, -0.1) is 0 Å². The molecule has 0 amide bonds. The van der Waals surface area contributed by atoms with Crippen molar-refractivity contribution in [3.8, 4) is 16.9 Å². The molecule has 0 fully saturated rings. The minimum atomic E-state index is -0.339. The Morgan fingerprint density at radius 3 is 1.68 bits per heavy atom. The van der Waals surface area contributed by atoms with Crippen molar-refractivity contribution >= 4 is 46.4 Å². The van der Waals surface area contributed by atoms with Crippen molar-refractivity contribution in [1.29, 1.82) is 0 Å². The summed E-state index contributed by atoms with van der Waals surface area (Å²) < 4.78 is 0. The van der Waals surface area contributed by atoms with Gasteiger partial charge in [0, 0.05) is 5.56 Å². The van der Waals surface area contributed by atoms with Crippen LogP contribution in [0.15, 0.2) is 24.3 Å². The molecular weight excluding hydrogens is 330 g/mol. The maximum Gasteiger partial charge on any atom is 0.155 e. The van der Waals surface area contributed by atoms with E-state index in [4.69, 9.17) is 51.5 Å². The molecule has 0 saturated carbocycles. The number of hydrogen-bond donors (Lipinski definition) is 2. The number of aliphatic hydroxyl groups excluding tert-OH is 1. The van der Waals surface area contributed by atoms with E-state index in [2.05, 4.69) is 0 Å². The molecule has 2 N–H and O–H groups in total. The van der Waals surface area contributed by atoms with Gasteiger partial charge in [0.15, 0.2) is 5.75 Å². The summed E-state index contributed by atoms with van der Waals surface area (Å²) in [7, 11) is 0. The zero-order chi connectivity index (χ0) is 14.2. The molecule has 0 heterocycles. The summed E-state index contributed by atoms with van der Waals surface area (Å²) in [6.07, 6.45) is 0. The highest BCUT2D eigenvalue weighted by molar-refractivity contribution is 6.51. The number of hydrogen-bond acceptors (Lipinski definition) is 2. The van der Waals surface area contributed by atoms with Gasteiger partial charge in [-0.3, -0.25) is 0 Å². The number of rotatable bonds is 2. The molecule has 19 heavy (non-hydrogen) atoms. The van der Waals surface area contributed by atoms with Gasteiger partial charge in [-0.25, -0.2) is 0 Å². The number of aliphatic hydroxyl groups is 1. The Balaban J connectivity index is 2.67. The van der Waals surface area contributed by atoms with E-state index in [0.29, 0.717) is 11.1 Å². The first-order chi connectivity index (χ1) is 8.97. The molecule has 0 aliphatic heterocycles. The second kappa shape index (κ2) is 5.78. The van der Waals surface area contributed by atoms with Gasteiger partial charge in [-0.05, 0) is 11.1 Å². The van der Waals surface area contributed by atoms with E-state index in [1.54, 1.807) is 24.3 Å². The number of aromatic hydroxyl groups is 1. The lowest BCUT2D eigenvalue weighted by molar-refractivity contribution is 0.282. The quantitative estimate of drug-likeness (QED) is 0.742. The third-order valence-electron chi connectivity index (χ3n) is 2.67. The zero-order valence-electron chi connectivity index (χ0n) is 9.42. The highest BCUT2D eigenvalue weighted by Crippen LogP contribution is 2.49. The maximum atomic E-state index is 9.66. The Bertz CT molecular complexity index is 595. The Hall–Kier alpha value is -0.640. The normalized spacial score (nSPS) is 10.8. The lowest BCUT2D eigenvalue weighted by atomic mass is 10.0. The van der Waals surface area contributed by atoms with Crippen molar-refractivity contribution in [3.05, 3.63) is 49.9 Å². The Morgan fingerprint density at radius 1 is 0.789 bits per heavy atom. The molecule has 0 bridgehead atoms. The lowest BCUT2D eigenvalue weighted by Crippen LogP contribution is -1.88. The molecule has 2 aromatic carbocycles. The van der Waals surface area contributed by atoms with Crippen LogP contribution in [0.4, 0.5) is 0 Å². The fraction of sp³-hybridized carbons (Fsp3) is 0.0769. The Morgan fingerprint density at radius 2 is 1.26 bits per heavy atom. The predicted molar refractivity (Wildman–Crippen MR) is 79.5 cm³/mol. The number of phenolic OH excluding ortho intramolecular Hbond substituents is 1. The van der Waals surface area contributed by atoms with Crippen LogP contribution in [0.3, 0.4) is 0 Å². The monoisotopic (exact) mass is 336 g/mol. The van der Waals surface area contributed by atoms with Crippen LogP contribution in [-0.4, -0.2) is 10.2 Å². The van der Waals surface area contributed by atoms with Crippen molar-refractivity contribution in [2.24, 2.45) is 0 Å². The van der Waals surface area contributed by atoms with Gasteiger partial charge in [-0.1, -0.05) is 70.7 Å². The summed E-state index contributed by atoms with van der Waals surface area (Å²) >= 11 is 24.0. The van der Waals surface area contributed by atoms with Crippen molar-refractivity contribution in [1.82, 2.24) is 0 Å². The first-order valence-corrected chi connectivity index (χ1v) is 6.73. The van der Waals surface area contributed by atoms with Gasteiger partial charge in [0.2, 0.25) is 0 Å². The lowest BCUT2D eigenvalue weighted by Gasteiger charge is -2.12. The first kappa shape index (κ1) is 14.8. The average molecular weight is 338 g/mol. The molecule has 0 saturated heterocycles. The number of halogens is 4.